The van der Waals surface area contributed by atoms with Gasteiger partial charge in [-0.2, -0.15) is 0 Å². The third kappa shape index (κ3) is 22.8. The zero-order chi connectivity index (χ0) is 63.4. The van der Waals surface area contributed by atoms with Gasteiger partial charge in [-0.1, -0.05) is 95.3 Å². The third-order valence-corrected chi connectivity index (χ3v) is 15.8. The van der Waals surface area contributed by atoms with Crippen molar-refractivity contribution in [3.05, 3.63) is 71.4 Å². The smallest absolute Gasteiger partial charge is 0.244 e. The van der Waals surface area contributed by atoms with Crippen LogP contribution in [-0.2, 0) is 62.4 Å². The number of aromatic nitrogens is 1. The van der Waals surface area contributed by atoms with Crippen LogP contribution in [0.4, 0.5) is 0 Å². The molecule has 1 aliphatic carbocycles. The number of para-hydroxylation sites is 1. The Labute approximate surface area is 509 Å². The van der Waals surface area contributed by atoms with Gasteiger partial charge in [-0.3, -0.25) is 48.6 Å². The Bertz CT molecular complexity index is 2750. The highest BCUT2D eigenvalue weighted by Gasteiger charge is 2.40. The van der Waals surface area contributed by atoms with Crippen molar-refractivity contribution in [2.45, 2.75) is 191 Å². The number of carbonyl (C=O) groups excluding carboxylic acids is 9. The summed E-state index contributed by atoms with van der Waals surface area (Å²) in [6.07, 6.45) is 6.89. The molecule has 2 aromatic carbocycles. The molecule has 9 atom stereocenters. The number of amides is 9. The highest BCUT2D eigenvalue weighted by molar-refractivity contribution is 5.99. The molecule has 5 rings (SSSR count). The molecule has 1 fully saturated rings. The molecule has 2 aliphatic rings. The minimum atomic E-state index is -1.53. The minimum absolute atomic E-state index is 0.0293. The van der Waals surface area contributed by atoms with E-state index in [9.17, 15) is 48.3 Å². The van der Waals surface area contributed by atoms with E-state index in [1.54, 1.807) is 6.20 Å². The zero-order valence-corrected chi connectivity index (χ0v) is 50.7. The number of nitrogens with one attached hydrogen (secondary N) is 12. The van der Waals surface area contributed by atoms with E-state index >= 15 is 0 Å². The van der Waals surface area contributed by atoms with Gasteiger partial charge >= 0.3 is 0 Å². The lowest BCUT2D eigenvalue weighted by atomic mass is 9.94. The highest BCUT2D eigenvalue weighted by atomic mass is 16.3. The number of rotatable bonds is 27. The van der Waals surface area contributed by atoms with Gasteiger partial charge in [0.2, 0.25) is 53.2 Å². The number of carbonyl (C=O) groups is 9. The van der Waals surface area contributed by atoms with Gasteiger partial charge in [-0.25, -0.2) is 0 Å². The van der Waals surface area contributed by atoms with Crippen molar-refractivity contribution in [2.75, 3.05) is 32.7 Å². The van der Waals surface area contributed by atoms with Crippen molar-refractivity contribution in [2.24, 2.45) is 34.8 Å². The Kier molecular flexibility index (Phi) is 29.4. The topological polar surface area (TPSA) is 438 Å². The standard InChI is InChI=1S/C61H96N16O10/c1-4-5-6-7-8-18-41(78)33-51(79)70-50(34-64)59(86)74-47-24-28-67-53(80)49(32-40-35-69-43-20-12-11-19-42(40)43)75-55(82)45(22-15-27-68-61(65)66)71-54(81)44(21-13-14-25-62)72-58(85)48(29-36(2)3)76-60(87)52(39-30-37-16-9-10-17-38(37)31-39)77-57(84)46(23-26-63)73-56(47)83/h9-12,16-17,19-20,35-36,39,41,44-50,52,69,78H,4-8,13-15,18,21-34,62-64H2,1-3H3,(H,67,80)(H,70,79)(H,71,81)(H,72,85)(H,73,83)(H,74,86)(H,75,82)(H,76,87)(H,77,84)(H4,65,66,68)/t41-,44+,45+,46+,47+,48+,49+,50-,52-/m1/s1. The first-order chi connectivity index (χ1) is 41.7. The monoisotopic (exact) mass is 1210 g/mol. The van der Waals surface area contributed by atoms with Crippen molar-refractivity contribution < 1.29 is 48.3 Å². The van der Waals surface area contributed by atoms with Crippen LogP contribution >= 0.6 is 0 Å². The summed E-state index contributed by atoms with van der Waals surface area (Å²) in [5.74, 6) is -7.96. The fraction of sp³-hybridized carbons (Fsp3) is 0.607. The summed E-state index contributed by atoms with van der Waals surface area (Å²) in [6.45, 7) is 5.35. The molecule has 0 unspecified atom stereocenters. The SMILES string of the molecule is CCCCCCC[C@@H](O)CC(=O)N[C@H](CN)C(=O)N[C@H]1CCNC(=O)[C@H](Cc2c[nH]c3ccccc23)NC(=O)[C@H](CCCNC(=N)N)NC(=O)[C@H](CCCCN)NC(=O)[C@H](CC(C)C)NC(=O)[C@@H](C2Cc3ccccc3C2)NC(=O)[C@H](CCN)NC1=O. The maximum Gasteiger partial charge on any atom is 0.244 e. The molecule has 21 N–H and O–H groups in total. The van der Waals surface area contributed by atoms with E-state index in [4.69, 9.17) is 28.3 Å². The van der Waals surface area contributed by atoms with Crippen LogP contribution in [0.3, 0.4) is 0 Å². The van der Waals surface area contributed by atoms with Gasteiger partial charge in [0.25, 0.3) is 0 Å². The fourth-order valence-electron chi connectivity index (χ4n) is 11.0. The van der Waals surface area contributed by atoms with E-state index in [2.05, 4.69) is 65.1 Å². The molecule has 1 aliphatic heterocycles. The maximum absolute atomic E-state index is 14.9. The van der Waals surface area contributed by atoms with Gasteiger partial charge in [-0.15, -0.1) is 0 Å². The second-order valence-corrected chi connectivity index (χ2v) is 23.3. The molecule has 0 radical (unpaired) electrons. The zero-order valence-electron chi connectivity index (χ0n) is 50.7. The summed E-state index contributed by atoms with van der Waals surface area (Å²) in [6, 6.07) is 4.13. The molecule has 87 heavy (non-hydrogen) atoms. The van der Waals surface area contributed by atoms with Crippen LogP contribution in [0.1, 0.15) is 134 Å². The van der Waals surface area contributed by atoms with E-state index in [-0.39, 0.29) is 89.4 Å². The van der Waals surface area contributed by atoms with E-state index in [1.807, 2.05) is 62.4 Å². The first-order valence-electron chi connectivity index (χ1n) is 30.9. The lowest BCUT2D eigenvalue weighted by Gasteiger charge is -2.30. The van der Waals surface area contributed by atoms with Crippen molar-refractivity contribution in [1.29, 1.82) is 5.41 Å². The molecule has 26 heteroatoms. The number of unbranched alkanes of at least 4 members (excludes halogenated alkanes) is 5. The van der Waals surface area contributed by atoms with Gasteiger partial charge < -0.3 is 86.2 Å². The van der Waals surface area contributed by atoms with Crippen LogP contribution in [0.2, 0.25) is 0 Å². The van der Waals surface area contributed by atoms with Crippen molar-refractivity contribution >= 4 is 70.0 Å². The lowest BCUT2D eigenvalue weighted by molar-refractivity contribution is -0.136. The van der Waals surface area contributed by atoms with E-state index in [0.717, 1.165) is 47.7 Å². The highest BCUT2D eigenvalue weighted by Crippen LogP contribution is 2.29. The molecule has 2 heterocycles. The first-order valence-corrected chi connectivity index (χ1v) is 30.9. The van der Waals surface area contributed by atoms with E-state index in [0.29, 0.717) is 44.1 Å². The number of aliphatic hydroxyl groups excluding tert-OH is 1. The molecule has 1 aromatic heterocycles. The Hall–Kier alpha value is -7.68. The molecule has 9 amide bonds. The number of nitrogens with two attached hydrogens (primary N) is 4. The van der Waals surface area contributed by atoms with Gasteiger partial charge in [0.1, 0.15) is 48.3 Å². The Morgan fingerprint density at radius 2 is 1.28 bits per heavy atom. The average molecular weight is 1210 g/mol. The molecule has 0 spiro atoms. The second-order valence-electron chi connectivity index (χ2n) is 23.3. The summed E-state index contributed by atoms with van der Waals surface area (Å²) < 4.78 is 0. The Morgan fingerprint density at radius 1 is 0.678 bits per heavy atom. The van der Waals surface area contributed by atoms with Gasteiger partial charge in [0, 0.05) is 43.2 Å². The molecule has 26 nitrogen and oxygen atoms in total. The Balaban J connectivity index is 1.56. The number of fused-ring (bicyclic) bond motifs is 2. The molecule has 1 saturated heterocycles. The van der Waals surface area contributed by atoms with Crippen LogP contribution in [-0.4, -0.2) is 156 Å². The predicted octanol–water partition coefficient (Wildman–Crippen LogP) is -0.619. The summed E-state index contributed by atoms with van der Waals surface area (Å²) in [7, 11) is 0. The summed E-state index contributed by atoms with van der Waals surface area (Å²) in [5, 5.41) is 46.7. The van der Waals surface area contributed by atoms with Crippen molar-refractivity contribution in [3.63, 3.8) is 0 Å². The van der Waals surface area contributed by atoms with Crippen molar-refractivity contribution in [1.82, 2.24) is 58.2 Å². The predicted molar refractivity (Wildman–Crippen MR) is 331 cm³/mol. The van der Waals surface area contributed by atoms with Crippen LogP contribution in [0.5, 0.6) is 0 Å². The summed E-state index contributed by atoms with van der Waals surface area (Å²) >= 11 is 0. The van der Waals surface area contributed by atoms with Crippen LogP contribution < -0.4 is 76.1 Å². The van der Waals surface area contributed by atoms with Crippen LogP contribution in [0.25, 0.3) is 10.9 Å². The molecule has 0 saturated carbocycles. The molecule has 3 aromatic rings. The number of benzene rings is 2. The molecular weight excluding hydrogens is 1120 g/mol. The third-order valence-electron chi connectivity index (χ3n) is 15.8. The Morgan fingerprint density at radius 3 is 1.92 bits per heavy atom. The number of hydrogen-bond acceptors (Lipinski definition) is 14. The first kappa shape index (κ1) is 70.1. The van der Waals surface area contributed by atoms with Gasteiger partial charge in [0.05, 0.1) is 12.5 Å². The van der Waals surface area contributed by atoms with Gasteiger partial charge in [0.15, 0.2) is 5.96 Å². The molecular formula is C61H96N16O10. The quantitative estimate of drug-likeness (QED) is 0.0257. The molecule has 480 valence electrons. The lowest BCUT2D eigenvalue weighted by Crippen LogP contribution is -2.62. The van der Waals surface area contributed by atoms with E-state index in [1.165, 1.54) is 0 Å². The number of aliphatic hydroxyl groups is 1. The normalized spacial score (nSPS) is 22.1. The summed E-state index contributed by atoms with van der Waals surface area (Å²) in [5.41, 5.74) is 26.9. The number of H-pyrrole nitrogens is 1. The van der Waals surface area contributed by atoms with Crippen molar-refractivity contribution in [3.8, 4) is 0 Å². The maximum atomic E-state index is 14.9. The summed E-state index contributed by atoms with van der Waals surface area (Å²) in [4.78, 5) is 134. The van der Waals surface area contributed by atoms with E-state index < -0.39 is 120 Å². The van der Waals surface area contributed by atoms with Crippen LogP contribution in [0.15, 0.2) is 54.7 Å². The number of aromatic amines is 1. The number of guanidine groups is 1. The van der Waals surface area contributed by atoms with Gasteiger partial charge in [-0.05, 0) is 118 Å². The second kappa shape index (κ2) is 36.5. The number of hydrogen-bond donors (Lipinski definition) is 17. The largest absolute Gasteiger partial charge is 0.393 e. The van der Waals surface area contributed by atoms with Crippen LogP contribution in [0, 0.1) is 17.2 Å². The fourth-order valence-corrected chi connectivity index (χ4v) is 11.0. The molecule has 0 bridgehead atoms. The average Bonchev–Trinajstić information content (AvgIpc) is 2.32. The minimum Gasteiger partial charge on any atom is -0.393 e.